The van der Waals surface area contributed by atoms with Crippen molar-refractivity contribution in [1.29, 1.82) is 5.26 Å². The Morgan fingerprint density at radius 2 is 2.33 bits per heavy atom. The summed E-state index contributed by atoms with van der Waals surface area (Å²) in [7, 11) is 0. The monoisotopic (exact) mass is 240 g/mol. The normalized spacial score (nSPS) is 9.40. The Kier molecular flexibility index (Phi) is 4.47. The van der Waals surface area contributed by atoms with Crippen LogP contribution in [0.1, 0.15) is 12.0 Å². The topological polar surface area (TPSA) is 52.9 Å². The lowest BCUT2D eigenvalue weighted by Crippen LogP contribution is -2.12. The number of hydrogen-bond acceptors (Lipinski definition) is 3. The quantitative estimate of drug-likeness (QED) is 0.798. The van der Waals surface area contributed by atoms with Crippen LogP contribution in [0.15, 0.2) is 18.2 Å². The molecule has 0 radical (unpaired) electrons. The van der Waals surface area contributed by atoms with E-state index in [2.05, 4.69) is 17.9 Å². The maximum Gasteiger partial charge on any atom is 0.225 e. The minimum atomic E-state index is -0.165. The molecule has 0 aliphatic carbocycles. The molecule has 0 aromatic heterocycles. The van der Waals surface area contributed by atoms with Gasteiger partial charge >= 0.3 is 0 Å². The Balaban J connectivity index is 2.85. The zero-order valence-corrected chi connectivity index (χ0v) is 9.48. The number of halogens is 1. The zero-order chi connectivity index (χ0) is 11.3. The fraction of sp³-hybridized carbons (Fsp3) is 0.200. The predicted octanol–water partition coefficient (Wildman–Crippen LogP) is 2.47. The van der Waals surface area contributed by atoms with E-state index in [0.29, 0.717) is 28.4 Å². The van der Waals surface area contributed by atoms with Gasteiger partial charge in [-0.3, -0.25) is 4.79 Å². The van der Waals surface area contributed by atoms with Gasteiger partial charge in [-0.15, -0.1) is 0 Å². The number of rotatable bonds is 3. The second-order valence-electron chi connectivity index (χ2n) is 2.83. The molecule has 1 N–H and O–H groups in total. The van der Waals surface area contributed by atoms with Gasteiger partial charge in [0.15, 0.2) is 0 Å². The minimum absolute atomic E-state index is 0.165. The van der Waals surface area contributed by atoms with E-state index < -0.39 is 0 Å². The molecule has 78 valence electrons. The Hall–Kier alpha value is -1.18. The SMILES string of the molecule is N#Cc1ccc(Cl)c(NC(=O)CCS)c1. The Morgan fingerprint density at radius 3 is 2.93 bits per heavy atom. The molecule has 1 amide bonds. The zero-order valence-electron chi connectivity index (χ0n) is 7.83. The molecule has 3 nitrogen and oxygen atoms in total. The molecule has 1 aromatic carbocycles. The van der Waals surface area contributed by atoms with Gasteiger partial charge in [-0.1, -0.05) is 11.6 Å². The van der Waals surface area contributed by atoms with E-state index in [1.165, 1.54) is 0 Å². The highest BCUT2D eigenvalue weighted by molar-refractivity contribution is 7.80. The molecule has 0 saturated heterocycles. The third-order valence-corrected chi connectivity index (χ3v) is 2.26. The first-order valence-electron chi connectivity index (χ1n) is 4.27. The van der Waals surface area contributed by atoms with Crippen LogP contribution in [-0.2, 0) is 4.79 Å². The number of nitrogens with zero attached hydrogens (tertiary/aromatic N) is 1. The molecule has 5 heteroatoms. The lowest BCUT2D eigenvalue weighted by Gasteiger charge is -2.06. The number of carbonyl (C=O) groups is 1. The minimum Gasteiger partial charge on any atom is -0.325 e. The van der Waals surface area contributed by atoms with Crippen LogP contribution in [0.25, 0.3) is 0 Å². The molecule has 0 bridgehead atoms. The fourth-order valence-corrected chi connectivity index (χ4v) is 1.37. The molecule has 0 aliphatic heterocycles. The van der Waals surface area contributed by atoms with Crippen molar-refractivity contribution >= 4 is 35.8 Å². The summed E-state index contributed by atoms with van der Waals surface area (Å²) in [4.78, 5) is 11.3. The van der Waals surface area contributed by atoms with Crippen molar-refractivity contribution in [2.45, 2.75) is 6.42 Å². The number of nitriles is 1. The number of amides is 1. The highest BCUT2D eigenvalue weighted by atomic mass is 35.5. The van der Waals surface area contributed by atoms with Crippen LogP contribution in [0, 0.1) is 11.3 Å². The van der Waals surface area contributed by atoms with Gasteiger partial charge < -0.3 is 5.32 Å². The maximum atomic E-state index is 11.3. The average molecular weight is 241 g/mol. The van der Waals surface area contributed by atoms with Crippen molar-refractivity contribution in [3.8, 4) is 6.07 Å². The van der Waals surface area contributed by atoms with Crippen LogP contribution in [0.2, 0.25) is 5.02 Å². The van der Waals surface area contributed by atoms with Gasteiger partial charge in [-0.2, -0.15) is 17.9 Å². The molecule has 0 unspecified atom stereocenters. The largest absolute Gasteiger partial charge is 0.325 e. The standard InChI is InChI=1S/C10H9ClN2OS/c11-8-2-1-7(6-12)5-9(8)13-10(14)3-4-15/h1-2,5,15H,3-4H2,(H,13,14). The van der Waals surface area contributed by atoms with Gasteiger partial charge in [0.05, 0.1) is 22.3 Å². The summed E-state index contributed by atoms with van der Waals surface area (Å²) in [6, 6.07) is 6.69. The van der Waals surface area contributed by atoms with E-state index >= 15 is 0 Å². The number of carbonyl (C=O) groups excluding carboxylic acids is 1. The summed E-state index contributed by atoms with van der Waals surface area (Å²) >= 11 is 9.80. The molecule has 0 atom stereocenters. The lowest BCUT2D eigenvalue weighted by atomic mass is 10.2. The lowest BCUT2D eigenvalue weighted by molar-refractivity contribution is -0.115. The van der Waals surface area contributed by atoms with Crippen LogP contribution in [-0.4, -0.2) is 11.7 Å². The van der Waals surface area contributed by atoms with Crippen molar-refractivity contribution in [2.24, 2.45) is 0 Å². The van der Waals surface area contributed by atoms with Crippen LogP contribution < -0.4 is 5.32 Å². The van der Waals surface area contributed by atoms with Gasteiger partial charge in [0.2, 0.25) is 5.91 Å². The third kappa shape index (κ3) is 3.46. The van der Waals surface area contributed by atoms with Gasteiger partial charge in [-0.25, -0.2) is 0 Å². The average Bonchev–Trinajstić information content (AvgIpc) is 2.21. The number of nitrogens with one attached hydrogen (secondary N) is 1. The highest BCUT2D eigenvalue weighted by Gasteiger charge is 2.05. The molecular formula is C10H9ClN2OS. The van der Waals surface area contributed by atoms with E-state index in [4.69, 9.17) is 16.9 Å². The van der Waals surface area contributed by atoms with Crippen LogP contribution in [0.4, 0.5) is 5.69 Å². The molecule has 0 saturated carbocycles. The van der Waals surface area contributed by atoms with Crippen LogP contribution >= 0.6 is 24.2 Å². The number of hydrogen-bond donors (Lipinski definition) is 2. The molecule has 15 heavy (non-hydrogen) atoms. The summed E-state index contributed by atoms with van der Waals surface area (Å²) in [5.41, 5.74) is 0.920. The molecule has 0 aliphatic rings. The Labute approximate surface area is 98.5 Å². The smallest absolute Gasteiger partial charge is 0.225 e. The van der Waals surface area contributed by atoms with Crippen molar-refractivity contribution in [3.05, 3.63) is 28.8 Å². The second kappa shape index (κ2) is 5.64. The van der Waals surface area contributed by atoms with Gasteiger partial charge in [0.25, 0.3) is 0 Å². The molecule has 1 rings (SSSR count). The summed E-state index contributed by atoms with van der Waals surface area (Å²) in [6.07, 6.45) is 0.316. The molecule has 0 spiro atoms. The first-order chi connectivity index (χ1) is 7.17. The van der Waals surface area contributed by atoms with E-state index in [9.17, 15) is 4.79 Å². The van der Waals surface area contributed by atoms with Crippen molar-refractivity contribution in [1.82, 2.24) is 0 Å². The Bertz CT molecular complexity index is 414. The predicted molar refractivity (Wildman–Crippen MR) is 63.3 cm³/mol. The van der Waals surface area contributed by atoms with Gasteiger partial charge in [0, 0.05) is 6.42 Å². The van der Waals surface area contributed by atoms with E-state index in [0.717, 1.165) is 0 Å². The number of benzene rings is 1. The maximum absolute atomic E-state index is 11.3. The van der Waals surface area contributed by atoms with Crippen molar-refractivity contribution in [3.63, 3.8) is 0 Å². The first-order valence-corrected chi connectivity index (χ1v) is 5.28. The summed E-state index contributed by atoms with van der Waals surface area (Å²) in [5, 5.41) is 11.7. The molecule has 1 aromatic rings. The summed E-state index contributed by atoms with van der Waals surface area (Å²) < 4.78 is 0. The van der Waals surface area contributed by atoms with Crippen LogP contribution in [0.3, 0.4) is 0 Å². The first kappa shape index (κ1) is 11.9. The number of anilines is 1. The van der Waals surface area contributed by atoms with Crippen molar-refractivity contribution < 1.29 is 4.79 Å². The fourth-order valence-electron chi connectivity index (χ4n) is 1.00. The highest BCUT2D eigenvalue weighted by Crippen LogP contribution is 2.22. The summed E-state index contributed by atoms with van der Waals surface area (Å²) in [6.45, 7) is 0. The Morgan fingerprint density at radius 1 is 1.60 bits per heavy atom. The van der Waals surface area contributed by atoms with Crippen LogP contribution in [0.5, 0.6) is 0 Å². The van der Waals surface area contributed by atoms with E-state index in [-0.39, 0.29) is 5.91 Å². The van der Waals surface area contributed by atoms with E-state index in [1.54, 1.807) is 18.2 Å². The molecular weight excluding hydrogens is 232 g/mol. The van der Waals surface area contributed by atoms with Gasteiger partial charge in [0.1, 0.15) is 0 Å². The second-order valence-corrected chi connectivity index (χ2v) is 3.68. The summed E-state index contributed by atoms with van der Waals surface area (Å²) in [5.74, 6) is 0.309. The van der Waals surface area contributed by atoms with Gasteiger partial charge in [-0.05, 0) is 24.0 Å². The molecule has 0 fully saturated rings. The van der Waals surface area contributed by atoms with Crippen molar-refractivity contribution in [2.75, 3.05) is 11.1 Å². The van der Waals surface area contributed by atoms with E-state index in [1.807, 2.05) is 6.07 Å². The third-order valence-electron chi connectivity index (χ3n) is 1.71. The number of thiol groups is 1. The molecule has 0 heterocycles.